The van der Waals surface area contributed by atoms with Crippen LogP contribution in [-0.2, 0) is 25.7 Å². The Labute approximate surface area is 200 Å². The van der Waals surface area contributed by atoms with E-state index in [0.717, 1.165) is 22.4 Å². The molecule has 3 aromatic carbocycles. The number of quaternary nitrogens is 1. The fraction of sp³-hybridized carbons (Fsp3) is 0.222. The summed E-state index contributed by atoms with van der Waals surface area (Å²) in [5.41, 5.74) is 0.627. The quantitative estimate of drug-likeness (QED) is 0.422. The van der Waals surface area contributed by atoms with E-state index < -0.39 is 28.9 Å². The van der Waals surface area contributed by atoms with Crippen molar-refractivity contribution in [1.82, 2.24) is 0 Å². The summed E-state index contributed by atoms with van der Waals surface area (Å²) in [6.45, 7) is 2.54. The highest BCUT2D eigenvalue weighted by atomic mass is 19.4. The predicted molar refractivity (Wildman–Crippen MR) is 124 cm³/mol. The molecule has 5 nitrogen and oxygen atoms in total. The molecular weight excluding hydrogens is 459 g/mol. The maximum absolute atomic E-state index is 14.0. The van der Waals surface area contributed by atoms with E-state index in [1.165, 1.54) is 24.3 Å². The number of ether oxygens (including phenoxy) is 1. The van der Waals surface area contributed by atoms with Gasteiger partial charge in [0.25, 0.3) is 5.76 Å². The lowest BCUT2D eigenvalue weighted by atomic mass is 10.1. The lowest BCUT2D eigenvalue weighted by Crippen LogP contribution is -3.06. The lowest BCUT2D eigenvalue weighted by molar-refractivity contribution is -0.907. The highest BCUT2D eigenvalue weighted by Crippen LogP contribution is 2.39. The molecule has 1 N–H and O–H groups in total. The van der Waals surface area contributed by atoms with Crippen molar-refractivity contribution < 1.29 is 32.3 Å². The van der Waals surface area contributed by atoms with Gasteiger partial charge in [-0.2, -0.15) is 13.2 Å². The van der Waals surface area contributed by atoms with E-state index in [1.54, 1.807) is 12.1 Å². The van der Waals surface area contributed by atoms with Crippen LogP contribution in [-0.4, -0.2) is 7.05 Å². The summed E-state index contributed by atoms with van der Waals surface area (Å²) in [6.07, 6.45) is -4.27. The van der Waals surface area contributed by atoms with Gasteiger partial charge in [0.2, 0.25) is 11.2 Å². The van der Waals surface area contributed by atoms with Gasteiger partial charge in [-0.25, -0.2) is 0 Å². The van der Waals surface area contributed by atoms with E-state index in [2.05, 4.69) is 0 Å². The number of fused-ring (bicyclic) bond motifs is 1. The van der Waals surface area contributed by atoms with Crippen LogP contribution in [0.1, 0.15) is 29.4 Å². The summed E-state index contributed by atoms with van der Waals surface area (Å²) in [7, 11) is 1.81. The van der Waals surface area contributed by atoms with Gasteiger partial charge in [0.1, 0.15) is 24.4 Å². The van der Waals surface area contributed by atoms with Crippen LogP contribution in [0.2, 0.25) is 0 Å². The van der Waals surface area contributed by atoms with Crippen molar-refractivity contribution in [2.45, 2.75) is 32.6 Å². The van der Waals surface area contributed by atoms with Gasteiger partial charge in [-0.1, -0.05) is 61.2 Å². The van der Waals surface area contributed by atoms with Crippen molar-refractivity contribution >= 4 is 11.0 Å². The molecule has 4 aromatic rings. The topological polar surface area (TPSA) is 66.9 Å². The molecule has 0 bridgehead atoms. The van der Waals surface area contributed by atoms with Gasteiger partial charge in [0, 0.05) is 11.1 Å². The molecule has 1 atom stereocenters. The number of rotatable bonds is 7. The molecule has 0 saturated heterocycles. The average Bonchev–Trinajstić information content (AvgIpc) is 2.83. The summed E-state index contributed by atoms with van der Waals surface area (Å²) in [4.78, 5) is 14.0. The molecular formula is C27H24F3NO4. The van der Waals surface area contributed by atoms with Crippen molar-refractivity contribution in [3.8, 4) is 17.2 Å². The summed E-state index contributed by atoms with van der Waals surface area (Å²) in [6, 6.07) is 18.3. The molecule has 1 aromatic heterocycles. The molecule has 1 heterocycles. The Morgan fingerprint density at radius 1 is 0.943 bits per heavy atom. The van der Waals surface area contributed by atoms with Crippen LogP contribution in [0.15, 0.2) is 75.9 Å². The number of nitrogens with one attached hydrogen (secondary N) is 1. The van der Waals surface area contributed by atoms with Gasteiger partial charge in [-0.3, -0.25) is 4.79 Å². The largest absolute Gasteiger partial charge is 0.872 e. The number of hydrogen-bond acceptors (Lipinski definition) is 4. The molecule has 1 unspecified atom stereocenters. The SMILES string of the molecule is CCc1ccc(Oc2c(C(F)(F)F)oc3c(C[NH+](C)Cc4ccccc4)c([O-])ccc3c2=O)cc1. The number of alkyl halides is 3. The summed E-state index contributed by atoms with van der Waals surface area (Å²) >= 11 is 0. The summed E-state index contributed by atoms with van der Waals surface area (Å²) in [5, 5.41) is 12.5. The third-order valence-electron chi connectivity index (χ3n) is 5.71. The standard InChI is InChI=1S/C27H24F3NO4/c1-3-17-9-11-19(12-10-17)34-25-23(33)20-13-14-22(32)21(24(20)35-26(25)27(28,29)30)16-31(2)15-18-7-5-4-6-8-18/h4-14,32H,3,15-16H2,1-2H3. The zero-order valence-corrected chi connectivity index (χ0v) is 19.2. The van der Waals surface area contributed by atoms with Gasteiger partial charge >= 0.3 is 6.18 Å². The van der Waals surface area contributed by atoms with Crippen molar-refractivity contribution in [3.63, 3.8) is 0 Å². The van der Waals surface area contributed by atoms with Crippen LogP contribution in [0.5, 0.6) is 17.2 Å². The zero-order valence-electron chi connectivity index (χ0n) is 19.2. The van der Waals surface area contributed by atoms with Gasteiger partial charge in [-0.05, 0) is 30.2 Å². The van der Waals surface area contributed by atoms with Crippen LogP contribution < -0.4 is 20.2 Å². The Morgan fingerprint density at radius 2 is 1.63 bits per heavy atom. The summed E-state index contributed by atoms with van der Waals surface area (Å²) in [5.74, 6) is -2.94. The van der Waals surface area contributed by atoms with Crippen molar-refractivity contribution in [2.75, 3.05) is 7.05 Å². The average molecular weight is 483 g/mol. The van der Waals surface area contributed by atoms with E-state index in [0.29, 0.717) is 6.54 Å². The number of halogens is 3. The van der Waals surface area contributed by atoms with E-state index in [4.69, 9.17) is 9.15 Å². The third kappa shape index (κ3) is 5.33. The predicted octanol–water partition coefficient (Wildman–Crippen LogP) is 4.46. The van der Waals surface area contributed by atoms with Gasteiger partial charge in [0.05, 0.1) is 12.4 Å². The maximum Gasteiger partial charge on any atom is 0.453 e. The first-order chi connectivity index (χ1) is 16.7. The molecule has 35 heavy (non-hydrogen) atoms. The minimum absolute atomic E-state index is 0.0115. The molecule has 0 aliphatic heterocycles. The Kier molecular flexibility index (Phi) is 6.84. The molecule has 0 amide bonds. The molecule has 0 aliphatic carbocycles. The minimum Gasteiger partial charge on any atom is -0.872 e. The van der Waals surface area contributed by atoms with Crippen molar-refractivity contribution in [3.05, 3.63) is 99.4 Å². The van der Waals surface area contributed by atoms with Crippen LogP contribution in [0.3, 0.4) is 0 Å². The Balaban J connectivity index is 1.79. The molecule has 4 rings (SSSR count). The van der Waals surface area contributed by atoms with E-state index in [9.17, 15) is 23.1 Å². The summed E-state index contributed by atoms with van der Waals surface area (Å²) < 4.78 is 52.5. The fourth-order valence-corrected chi connectivity index (χ4v) is 3.95. The molecule has 0 spiro atoms. The Bertz CT molecular complexity index is 1380. The zero-order chi connectivity index (χ0) is 25.2. The molecule has 0 aliphatic rings. The second-order valence-corrected chi connectivity index (χ2v) is 8.40. The smallest absolute Gasteiger partial charge is 0.453 e. The molecule has 8 heteroatoms. The van der Waals surface area contributed by atoms with Crippen LogP contribution >= 0.6 is 0 Å². The normalized spacial score (nSPS) is 12.6. The highest BCUT2D eigenvalue weighted by Gasteiger charge is 2.41. The van der Waals surface area contributed by atoms with Crippen molar-refractivity contribution in [2.24, 2.45) is 0 Å². The monoisotopic (exact) mass is 483 g/mol. The second kappa shape index (κ2) is 9.84. The second-order valence-electron chi connectivity index (χ2n) is 8.40. The van der Waals surface area contributed by atoms with Crippen LogP contribution in [0.25, 0.3) is 11.0 Å². The first-order valence-corrected chi connectivity index (χ1v) is 11.2. The lowest BCUT2D eigenvalue weighted by Gasteiger charge is -2.21. The molecule has 0 saturated carbocycles. The van der Waals surface area contributed by atoms with Gasteiger partial charge in [0.15, 0.2) is 0 Å². The first kappa shape index (κ1) is 24.3. The molecule has 182 valence electrons. The Morgan fingerprint density at radius 3 is 2.26 bits per heavy atom. The van der Waals surface area contributed by atoms with E-state index in [-0.39, 0.29) is 28.8 Å². The molecule has 0 radical (unpaired) electrons. The third-order valence-corrected chi connectivity index (χ3v) is 5.71. The molecule has 0 fully saturated rings. The van der Waals surface area contributed by atoms with E-state index in [1.807, 2.05) is 44.3 Å². The van der Waals surface area contributed by atoms with Gasteiger partial charge in [-0.15, -0.1) is 0 Å². The number of hydrogen-bond donors (Lipinski definition) is 1. The van der Waals surface area contributed by atoms with E-state index >= 15 is 0 Å². The first-order valence-electron chi connectivity index (χ1n) is 11.2. The number of benzene rings is 3. The van der Waals surface area contributed by atoms with Gasteiger partial charge < -0.3 is 19.2 Å². The van der Waals surface area contributed by atoms with Crippen molar-refractivity contribution in [1.29, 1.82) is 0 Å². The fourth-order valence-electron chi connectivity index (χ4n) is 3.95. The van der Waals surface area contributed by atoms with Crippen LogP contribution in [0.4, 0.5) is 13.2 Å². The minimum atomic E-state index is -5.01. The Hall–Kier alpha value is -3.78. The van der Waals surface area contributed by atoms with Crippen LogP contribution in [0, 0.1) is 0 Å². The maximum atomic E-state index is 14.0. The highest BCUT2D eigenvalue weighted by molar-refractivity contribution is 5.83. The number of aryl methyl sites for hydroxylation is 1.